The first-order valence-electron chi connectivity index (χ1n) is 15.3. The Labute approximate surface area is 272 Å². The zero-order valence-electron chi connectivity index (χ0n) is 24.8. The molecule has 6 heteroatoms. The average Bonchev–Trinajstić information content (AvgIpc) is 3.69. The van der Waals surface area contributed by atoms with Gasteiger partial charge in [-0.2, -0.15) is 0 Å². The van der Waals surface area contributed by atoms with Crippen molar-refractivity contribution in [3.8, 4) is 39.3 Å². The molecule has 0 saturated carbocycles. The van der Waals surface area contributed by atoms with E-state index in [0.29, 0.717) is 21.9 Å². The van der Waals surface area contributed by atoms with Crippen molar-refractivity contribution in [2.45, 2.75) is 12.0 Å². The molecular formula is C40H22B4O2. The van der Waals surface area contributed by atoms with E-state index < -0.39 is 0 Å². The van der Waals surface area contributed by atoms with E-state index in [1.165, 1.54) is 0 Å². The second-order valence-electron chi connectivity index (χ2n) is 12.1. The molecule has 206 valence electrons. The summed E-state index contributed by atoms with van der Waals surface area (Å²) >= 11 is 0. The summed E-state index contributed by atoms with van der Waals surface area (Å²) in [7, 11) is 27.2. The van der Waals surface area contributed by atoms with Crippen molar-refractivity contribution in [3.05, 3.63) is 127 Å². The standard InChI is InChI=1S/C40H22B4O2/c41-26-14-16-28(43)39-35(40-29(44)17-15-27(42)38(40)34(37(26)39)21-7-2-1-3-8-21)22-13-18-30-23(19-22)20-33(45-30)25-10-6-12-32-36(25)24-9-4-5-11-31(24)46-32/h1-20,24,31H. The minimum absolute atomic E-state index is 0.00617. The summed E-state index contributed by atoms with van der Waals surface area (Å²) in [5.74, 6) is 1.82. The van der Waals surface area contributed by atoms with Crippen LogP contribution >= 0.6 is 0 Å². The number of hydrogen-bond acceptors (Lipinski definition) is 2. The normalized spacial score (nSPS) is 16.6. The van der Waals surface area contributed by atoms with Gasteiger partial charge in [0.05, 0.1) is 0 Å². The lowest BCUT2D eigenvalue weighted by Gasteiger charge is -2.24. The first kappa shape index (κ1) is 27.2. The van der Waals surface area contributed by atoms with E-state index in [1.807, 2.05) is 66.7 Å². The molecule has 0 bridgehead atoms. The van der Waals surface area contributed by atoms with Crippen LogP contribution in [0.15, 0.2) is 126 Å². The van der Waals surface area contributed by atoms with Crippen molar-refractivity contribution in [2.75, 3.05) is 0 Å². The second kappa shape index (κ2) is 10.2. The van der Waals surface area contributed by atoms with Gasteiger partial charge < -0.3 is 9.15 Å². The molecule has 2 aliphatic rings. The molecule has 9 rings (SSSR count). The van der Waals surface area contributed by atoms with Gasteiger partial charge in [-0.25, -0.2) is 0 Å². The smallest absolute Gasteiger partial charge is 0.135 e. The summed E-state index contributed by atoms with van der Waals surface area (Å²) in [5, 5.41) is 4.34. The summed E-state index contributed by atoms with van der Waals surface area (Å²) in [5.41, 5.74) is 9.13. The van der Waals surface area contributed by atoms with E-state index >= 15 is 0 Å². The topological polar surface area (TPSA) is 22.4 Å². The fraction of sp³-hybridized carbons (Fsp3) is 0.0500. The maximum absolute atomic E-state index is 6.82. The van der Waals surface area contributed by atoms with Crippen LogP contribution in [0.4, 0.5) is 0 Å². The van der Waals surface area contributed by atoms with Crippen molar-refractivity contribution in [1.82, 2.24) is 0 Å². The molecule has 1 aliphatic heterocycles. The number of ether oxygens (including phenoxy) is 1. The fourth-order valence-electron chi connectivity index (χ4n) is 7.42. The van der Waals surface area contributed by atoms with Gasteiger partial charge in [-0.15, -0.1) is 0 Å². The van der Waals surface area contributed by atoms with E-state index in [0.717, 1.165) is 77.4 Å². The maximum atomic E-state index is 6.82. The van der Waals surface area contributed by atoms with Crippen LogP contribution in [0.5, 0.6) is 5.75 Å². The maximum Gasteiger partial charge on any atom is 0.135 e. The zero-order valence-corrected chi connectivity index (χ0v) is 24.8. The molecule has 7 aromatic rings. The highest BCUT2D eigenvalue weighted by molar-refractivity contribution is 6.54. The summed E-state index contributed by atoms with van der Waals surface area (Å²) in [6, 6.07) is 32.0. The quantitative estimate of drug-likeness (QED) is 0.193. The predicted octanol–water partition coefficient (Wildman–Crippen LogP) is 5.89. The molecule has 0 fully saturated rings. The van der Waals surface area contributed by atoms with Crippen LogP contribution in [0.3, 0.4) is 0 Å². The third-order valence-electron chi connectivity index (χ3n) is 9.42. The highest BCUT2D eigenvalue weighted by Crippen LogP contribution is 2.47. The fourth-order valence-corrected chi connectivity index (χ4v) is 7.42. The van der Waals surface area contributed by atoms with Crippen molar-refractivity contribution in [2.24, 2.45) is 0 Å². The van der Waals surface area contributed by atoms with E-state index in [-0.39, 0.29) is 12.0 Å². The van der Waals surface area contributed by atoms with Gasteiger partial charge >= 0.3 is 0 Å². The van der Waals surface area contributed by atoms with Crippen LogP contribution in [0, 0.1) is 0 Å². The third-order valence-corrected chi connectivity index (χ3v) is 9.42. The highest BCUT2D eigenvalue weighted by Gasteiger charge is 2.35. The summed E-state index contributed by atoms with van der Waals surface area (Å²) in [6.45, 7) is 0. The molecule has 0 amide bonds. The summed E-state index contributed by atoms with van der Waals surface area (Å²) < 4.78 is 12.8. The first-order chi connectivity index (χ1) is 22.5. The number of furan rings is 1. The number of benzene rings is 6. The minimum Gasteiger partial charge on any atom is -0.485 e. The second-order valence-corrected chi connectivity index (χ2v) is 12.1. The van der Waals surface area contributed by atoms with Crippen LogP contribution in [-0.4, -0.2) is 37.5 Å². The van der Waals surface area contributed by atoms with Crippen molar-refractivity contribution < 1.29 is 9.15 Å². The van der Waals surface area contributed by atoms with Gasteiger partial charge in [-0.3, -0.25) is 0 Å². The third kappa shape index (κ3) is 3.96. The van der Waals surface area contributed by atoms with Crippen LogP contribution in [0.25, 0.3) is 66.1 Å². The lowest BCUT2D eigenvalue weighted by atomic mass is 9.71. The Hall–Kier alpha value is -5.08. The number of rotatable bonds is 3. The zero-order chi connectivity index (χ0) is 31.1. The highest BCUT2D eigenvalue weighted by atomic mass is 16.5. The molecule has 0 spiro atoms. The van der Waals surface area contributed by atoms with Crippen LogP contribution < -0.4 is 26.6 Å². The summed E-state index contributed by atoms with van der Waals surface area (Å²) in [4.78, 5) is 0. The monoisotopic (exact) mass is 578 g/mol. The van der Waals surface area contributed by atoms with Crippen LogP contribution in [0.1, 0.15) is 11.5 Å². The largest absolute Gasteiger partial charge is 0.485 e. The van der Waals surface area contributed by atoms with Crippen LogP contribution in [0.2, 0.25) is 0 Å². The van der Waals surface area contributed by atoms with E-state index in [1.54, 1.807) is 0 Å². The Morgan fingerprint density at radius 2 is 1.17 bits per heavy atom. The molecule has 0 N–H and O–H groups in total. The Morgan fingerprint density at radius 1 is 0.543 bits per heavy atom. The van der Waals surface area contributed by atoms with E-state index in [4.69, 9.17) is 40.5 Å². The molecule has 2 nitrogen and oxygen atoms in total. The summed E-state index contributed by atoms with van der Waals surface area (Å²) in [6.07, 6.45) is 8.41. The van der Waals surface area contributed by atoms with Gasteiger partial charge in [0.15, 0.2) is 0 Å². The van der Waals surface area contributed by atoms with Gasteiger partial charge in [0.25, 0.3) is 0 Å². The first-order valence-corrected chi connectivity index (χ1v) is 15.3. The Morgan fingerprint density at radius 3 is 1.85 bits per heavy atom. The molecule has 2 unspecified atom stereocenters. The molecular weight excluding hydrogens is 556 g/mol. The molecule has 46 heavy (non-hydrogen) atoms. The van der Waals surface area contributed by atoms with Crippen molar-refractivity contribution in [3.63, 3.8) is 0 Å². The van der Waals surface area contributed by atoms with Crippen molar-refractivity contribution >= 4 is 85.8 Å². The minimum atomic E-state index is -0.00617. The molecule has 8 radical (unpaired) electrons. The molecule has 2 heterocycles. The molecule has 1 aromatic heterocycles. The van der Waals surface area contributed by atoms with Gasteiger partial charge in [-0.05, 0) is 74.1 Å². The average molecular weight is 578 g/mol. The number of fused-ring (bicyclic) bond motifs is 6. The SMILES string of the molecule is [B]c1ccc([B])c2c(-c3ccc4oc(-c5cccc6c5C5C=CC=CC5O6)cc4c3)c3c([B])ccc([B])c3c(-c3ccccc3)c12. The van der Waals surface area contributed by atoms with Crippen molar-refractivity contribution in [1.29, 1.82) is 0 Å². The molecule has 6 aromatic carbocycles. The lowest BCUT2D eigenvalue weighted by Crippen LogP contribution is -2.20. The molecule has 1 aliphatic carbocycles. The number of hydrogen-bond donors (Lipinski definition) is 0. The Kier molecular flexibility index (Phi) is 6.05. The van der Waals surface area contributed by atoms with E-state index in [2.05, 4.69) is 54.6 Å². The van der Waals surface area contributed by atoms with Crippen LogP contribution in [-0.2, 0) is 0 Å². The Balaban J connectivity index is 1.31. The molecule has 0 saturated heterocycles. The number of allylic oxidation sites excluding steroid dienone is 2. The predicted molar refractivity (Wildman–Crippen MR) is 195 cm³/mol. The lowest BCUT2D eigenvalue weighted by molar-refractivity contribution is 0.269. The van der Waals surface area contributed by atoms with E-state index in [9.17, 15) is 0 Å². The molecule has 2 atom stereocenters. The van der Waals surface area contributed by atoms with Gasteiger partial charge in [0.1, 0.15) is 54.6 Å². The Bertz CT molecular complexity index is 2390. The van der Waals surface area contributed by atoms with Gasteiger partial charge in [0.2, 0.25) is 0 Å². The van der Waals surface area contributed by atoms with Gasteiger partial charge in [-0.1, -0.05) is 113 Å². The van der Waals surface area contributed by atoms with Gasteiger partial charge in [0, 0.05) is 22.4 Å².